The van der Waals surface area contributed by atoms with E-state index in [0.717, 1.165) is 6.08 Å². The summed E-state index contributed by atoms with van der Waals surface area (Å²) in [6, 6.07) is 3.19. The Morgan fingerprint density at radius 3 is 2.14 bits per heavy atom. The van der Waals surface area contributed by atoms with Crippen molar-refractivity contribution in [3.8, 4) is 6.07 Å². The quantitative estimate of drug-likeness (QED) is 0.321. The van der Waals surface area contributed by atoms with E-state index in [1.807, 2.05) is 0 Å². The fourth-order valence-corrected chi connectivity index (χ4v) is 1.86. The van der Waals surface area contributed by atoms with Gasteiger partial charge in [-0.15, -0.1) is 0 Å². The number of H-pyrrole nitrogens is 1. The average Bonchev–Trinajstić information content (AvgIpc) is 2.62. The van der Waals surface area contributed by atoms with Gasteiger partial charge < -0.3 is 19.2 Å². The number of ether oxygens (including phenoxy) is 3. The van der Waals surface area contributed by atoms with Crippen molar-refractivity contribution < 1.29 is 28.6 Å². The van der Waals surface area contributed by atoms with Gasteiger partial charge in [0, 0.05) is 6.08 Å². The van der Waals surface area contributed by atoms with Gasteiger partial charge in [0.15, 0.2) is 0 Å². The first kappa shape index (κ1) is 24.6. The molecule has 1 heterocycles. The maximum atomic E-state index is 11.3. The lowest BCUT2D eigenvalue weighted by atomic mass is 10.1. The molecule has 152 valence electrons. The Labute approximate surface area is 162 Å². The molecule has 1 rings (SSSR count). The smallest absolute Gasteiger partial charge is 0.379 e. The van der Waals surface area contributed by atoms with E-state index < -0.39 is 23.3 Å². The molecule has 0 amide bonds. The maximum Gasteiger partial charge on any atom is 0.379 e. The summed E-state index contributed by atoms with van der Waals surface area (Å²) in [6.07, 6.45) is 1.13. The normalized spacial score (nSPS) is 10.1. The number of hydrogen-bond acceptors (Lipinski definition) is 8. The third-order valence-corrected chi connectivity index (χ3v) is 3.02. The van der Waals surface area contributed by atoms with Crippen LogP contribution in [0.4, 0.5) is 0 Å². The molecule has 0 radical (unpaired) electrons. The van der Waals surface area contributed by atoms with E-state index in [4.69, 9.17) is 14.7 Å². The predicted molar refractivity (Wildman–Crippen MR) is 99.5 cm³/mol. The molecule has 0 aliphatic carbocycles. The van der Waals surface area contributed by atoms with Gasteiger partial charge in [0.2, 0.25) is 0 Å². The minimum Gasteiger partial charge on any atom is -0.498 e. The topological polar surface area (TPSA) is 136 Å². The highest BCUT2D eigenvalue weighted by Crippen LogP contribution is 2.04. The summed E-state index contributed by atoms with van der Waals surface area (Å²) in [4.78, 5) is 46.7. The highest BCUT2D eigenvalue weighted by atomic mass is 16.5. The van der Waals surface area contributed by atoms with Gasteiger partial charge >= 0.3 is 11.9 Å². The predicted octanol–water partition coefficient (Wildman–Crippen LogP) is 1.79. The SMILES string of the molecule is CCOC(=O)C(=O)C=C(C)OCC.CCOC(=O)c1cc(C)c(C#N)c(=O)[nH]1. The van der Waals surface area contributed by atoms with Gasteiger partial charge in [-0.05, 0) is 46.2 Å². The molecule has 0 bridgehead atoms. The van der Waals surface area contributed by atoms with Crippen molar-refractivity contribution in [3.05, 3.63) is 45.1 Å². The van der Waals surface area contributed by atoms with Crippen molar-refractivity contribution in [3.63, 3.8) is 0 Å². The van der Waals surface area contributed by atoms with E-state index in [1.165, 1.54) is 6.07 Å². The van der Waals surface area contributed by atoms with Crippen molar-refractivity contribution in [2.75, 3.05) is 19.8 Å². The number of carbonyl (C=O) groups excluding carboxylic acids is 3. The Bertz CT molecular complexity index is 832. The van der Waals surface area contributed by atoms with Crippen molar-refractivity contribution >= 4 is 17.7 Å². The summed E-state index contributed by atoms with van der Waals surface area (Å²) in [5, 5.41) is 8.65. The molecule has 1 aromatic heterocycles. The molecule has 1 N–H and O–H groups in total. The Morgan fingerprint density at radius 1 is 1.11 bits per heavy atom. The molecule has 0 saturated heterocycles. The zero-order chi connectivity index (χ0) is 21.7. The van der Waals surface area contributed by atoms with Gasteiger partial charge in [-0.1, -0.05) is 0 Å². The van der Waals surface area contributed by atoms with E-state index in [9.17, 15) is 19.2 Å². The monoisotopic (exact) mass is 392 g/mol. The third-order valence-electron chi connectivity index (χ3n) is 3.02. The Balaban J connectivity index is 0.000000528. The van der Waals surface area contributed by atoms with Crippen LogP contribution in [-0.2, 0) is 23.8 Å². The summed E-state index contributed by atoms with van der Waals surface area (Å²) in [5.41, 5.74) is -0.0220. The number of esters is 2. The highest BCUT2D eigenvalue weighted by Gasteiger charge is 2.12. The molecule has 0 saturated carbocycles. The van der Waals surface area contributed by atoms with E-state index in [0.29, 0.717) is 17.9 Å². The largest absolute Gasteiger partial charge is 0.498 e. The number of aryl methyl sites for hydroxylation is 1. The minimum absolute atomic E-state index is 0.0167. The summed E-state index contributed by atoms with van der Waals surface area (Å²) in [6.45, 7) is 9.23. The number of aromatic amines is 1. The number of carbonyl (C=O) groups is 3. The summed E-state index contributed by atoms with van der Waals surface area (Å²) in [5.74, 6) is -1.71. The maximum absolute atomic E-state index is 11.3. The van der Waals surface area contributed by atoms with Crippen LogP contribution in [-0.4, -0.2) is 42.5 Å². The van der Waals surface area contributed by atoms with Crippen LogP contribution < -0.4 is 5.56 Å². The number of rotatable bonds is 7. The second kappa shape index (κ2) is 12.9. The van der Waals surface area contributed by atoms with Crippen LogP contribution in [0.2, 0.25) is 0 Å². The fraction of sp³-hybridized carbons (Fsp3) is 0.421. The van der Waals surface area contributed by atoms with Crippen molar-refractivity contribution in [1.82, 2.24) is 4.98 Å². The second-order valence-corrected chi connectivity index (χ2v) is 5.18. The molecular weight excluding hydrogens is 368 g/mol. The number of pyridine rings is 1. The van der Waals surface area contributed by atoms with Crippen molar-refractivity contribution in [2.45, 2.75) is 34.6 Å². The first-order chi connectivity index (χ1) is 13.2. The number of nitriles is 1. The van der Waals surface area contributed by atoms with Crippen LogP contribution in [0.25, 0.3) is 0 Å². The number of nitrogens with zero attached hydrogens (tertiary/aromatic N) is 1. The Kier molecular flexibility index (Phi) is 11.3. The highest BCUT2D eigenvalue weighted by molar-refractivity contribution is 6.38. The summed E-state index contributed by atoms with van der Waals surface area (Å²) >= 11 is 0. The van der Waals surface area contributed by atoms with Gasteiger partial charge in [-0.3, -0.25) is 9.59 Å². The third kappa shape index (κ3) is 8.31. The summed E-state index contributed by atoms with van der Waals surface area (Å²) < 4.78 is 14.2. The van der Waals surface area contributed by atoms with E-state index in [-0.39, 0.29) is 24.5 Å². The lowest BCUT2D eigenvalue weighted by molar-refractivity contribution is -0.151. The average molecular weight is 392 g/mol. The van der Waals surface area contributed by atoms with Gasteiger partial charge in [0.1, 0.15) is 17.3 Å². The van der Waals surface area contributed by atoms with Crippen LogP contribution in [0.3, 0.4) is 0 Å². The zero-order valence-electron chi connectivity index (χ0n) is 16.6. The number of nitrogens with one attached hydrogen (secondary N) is 1. The first-order valence-corrected chi connectivity index (χ1v) is 8.54. The molecule has 0 unspecified atom stereocenters. The molecule has 0 spiro atoms. The molecule has 9 nitrogen and oxygen atoms in total. The summed E-state index contributed by atoms with van der Waals surface area (Å²) in [7, 11) is 0. The lowest BCUT2D eigenvalue weighted by Crippen LogP contribution is -2.18. The molecule has 28 heavy (non-hydrogen) atoms. The molecular formula is C19H24N2O7. The number of allylic oxidation sites excluding steroid dienone is 1. The molecule has 0 fully saturated rings. The van der Waals surface area contributed by atoms with Gasteiger partial charge in [-0.2, -0.15) is 5.26 Å². The van der Waals surface area contributed by atoms with E-state index >= 15 is 0 Å². The van der Waals surface area contributed by atoms with Crippen LogP contribution >= 0.6 is 0 Å². The fourth-order valence-electron chi connectivity index (χ4n) is 1.86. The molecule has 1 aromatic rings. The number of hydrogen-bond donors (Lipinski definition) is 1. The standard InChI is InChI=1S/C10H10N2O3.C9H14O4/c1-3-15-10(14)8-4-6(2)7(5-11)9(13)12-8;1-4-12-7(3)6-8(10)9(11)13-5-2/h4H,3H2,1-2H3,(H,12,13);6H,4-5H2,1-3H3. The zero-order valence-corrected chi connectivity index (χ0v) is 16.6. The molecule has 0 aromatic carbocycles. The first-order valence-electron chi connectivity index (χ1n) is 8.54. The van der Waals surface area contributed by atoms with Crippen molar-refractivity contribution in [2.24, 2.45) is 0 Å². The van der Waals surface area contributed by atoms with Gasteiger partial charge in [0.25, 0.3) is 11.3 Å². The Morgan fingerprint density at radius 2 is 1.68 bits per heavy atom. The van der Waals surface area contributed by atoms with Crippen LogP contribution in [0.15, 0.2) is 22.7 Å². The second-order valence-electron chi connectivity index (χ2n) is 5.18. The van der Waals surface area contributed by atoms with Crippen LogP contribution in [0.5, 0.6) is 0 Å². The molecule has 0 atom stereocenters. The Hall–Kier alpha value is -3.41. The van der Waals surface area contributed by atoms with E-state index in [2.05, 4.69) is 9.72 Å². The van der Waals surface area contributed by atoms with Gasteiger partial charge in [-0.25, -0.2) is 9.59 Å². The molecule has 9 heteroatoms. The lowest BCUT2D eigenvalue weighted by Gasteiger charge is -2.03. The minimum atomic E-state index is -0.846. The van der Waals surface area contributed by atoms with Gasteiger partial charge in [0.05, 0.1) is 25.6 Å². The van der Waals surface area contributed by atoms with Crippen LogP contribution in [0, 0.1) is 18.3 Å². The van der Waals surface area contributed by atoms with Crippen LogP contribution in [0.1, 0.15) is 49.3 Å². The molecule has 0 aliphatic heterocycles. The number of aromatic nitrogens is 1. The number of ketones is 1. The molecule has 0 aliphatic rings. The van der Waals surface area contributed by atoms with E-state index in [1.54, 1.807) is 40.7 Å². The van der Waals surface area contributed by atoms with Crippen molar-refractivity contribution in [1.29, 1.82) is 5.26 Å².